The van der Waals surface area contributed by atoms with Crippen molar-refractivity contribution in [1.82, 2.24) is 0 Å². The molecule has 0 spiro atoms. The van der Waals surface area contributed by atoms with Crippen LogP contribution in [-0.2, 0) is 14.2 Å². The Labute approximate surface area is 221 Å². The molecule has 0 heterocycles. The lowest BCUT2D eigenvalue weighted by molar-refractivity contribution is -0.176. The number of hydrogen-bond acceptors (Lipinski definition) is 5. The SMILES string of the molecule is CC[C@@H](C)[C@H]1CC[C@H]2[C@@H]3[C@H](OC(=O)Cl)C[C@@H]4C[C@H](OCCCOC(=O)Cl)CC[C@]4(C)[C@H]3CC[C@]12C. The Bertz CT molecular complexity index is 776. The third-order valence-corrected chi connectivity index (χ3v) is 11.3. The lowest BCUT2D eigenvalue weighted by Crippen LogP contribution is -2.59. The first-order valence-corrected chi connectivity index (χ1v) is 14.7. The molecule has 0 amide bonds. The standard InChI is InChI=1S/C28H44Cl2O5/c1-5-17(2)20-7-8-21-24-22(10-12-28(20,21)4)27(3)11-9-19(33-13-6-14-34-25(29)31)15-18(27)16-23(24)35-26(30)32/h17-24H,5-16H2,1-4H3/t17-,18+,19-,20-,21+,22+,23-,24+,27+,28-/m1/s1. The van der Waals surface area contributed by atoms with E-state index >= 15 is 0 Å². The van der Waals surface area contributed by atoms with Gasteiger partial charge >= 0.3 is 10.9 Å². The van der Waals surface area contributed by atoms with Gasteiger partial charge in [0.05, 0.1) is 19.3 Å². The summed E-state index contributed by atoms with van der Waals surface area (Å²) in [6.07, 6.45) is 11.1. The minimum absolute atomic E-state index is 0.0923. The van der Waals surface area contributed by atoms with E-state index < -0.39 is 10.9 Å². The van der Waals surface area contributed by atoms with Crippen molar-refractivity contribution in [2.75, 3.05) is 13.2 Å². The molecule has 7 heteroatoms. The van der Waals surface area contributed by atoms with E-state index in [-0.39, 0.29) is 24.2 Å². The number of carbonyl (C=O) groups is 2. The van der Waals surface area contributed by atoms with Gasteiger partial charge in [-0.1, -0.05) is 34.1 Å². The summed E-state index contributed by atoms with van der Waals surface area (Å²) in [5, 5.41) is 0. The minimum Gasteiger partial charge on any atom is -0.454 e. The molecule has 0 radical (unpaired) electrons. The summed E-state index contributed by atoms with van der Waals surface area (Å²) in [4.78, 5) is 22.7. The monoisotopic (exact) mass is 530 g/mol. The average molecular weight is 532 g/mol. The molecule has 35 heavy (non-hydrogen) atoms. The molecule has 10 atom stereocenters. The summed E-state index contributed by atoms with van der Waals surface area (Å²) < 4.78 is 16.9. The van der Waals surface area contributed by atoms with Gasteiger partial charge in [-0.15, -0.1) is 0 Å². The fourth-order valence-electron chi connectivity index (χ4n) is 9.27. The molecule has 0 bridgehead atoms. The number of halogens is 2. The van der Waals surface area contributed by atoms with Gasteiger partial charge in [0.2, 0.25) is 0 Å². The maximum absolute atomic E-state index is 12.0. The highest BCUT2D eigenvalue weighted by Crippen LogP contribution is 2.68. The largest absolute Gasteiger partial charge is 0.454 e. The van der Waals surface area contributed by atoms with Crippen LogP contribution < -0.4 is 0 Å². The summed E-state index contributed by atoms with van der Waals surface area (Å²) in [6, 6.07) is 0. The Balaban J connectivity index is 1.48. The van der Waals surface area contributed by atoms with Crippen molar-refractivity contribution in [2.24, 2.45) is 46.3 Å². The first-order chi connectivity index (χ1) is 16.6. The molecule has 0 N–H and O–H groups in total. The van der Waals surface area contributed by atoms with Crippen molar-refractivity contribution in [2.45, 2.75) is 104 Å². The van der Waals surface area contributed by atoms with Gasteiger partial charge in [-0.3, -0.25) is 0 Å². The minimum atomic E-state index is -0.767. The van der Waals surface area contributed by atoms with Crippen LogP contribution in [0.5, 0.6) is 0 Å². The zero-order valence-corrected chi connectivity index (χ0v) is 23.4. The highest BCUT2D eigenvalue weighted by Gasteiger charge is 2.63. The summed E-state index contributed by atoms with van der Waals surface area (Å²) >= 11 is 11.1. The van der Waals surface area contributed by atoms with E-state index in [1.54, 1.807) is 0 Å². The first kappa shape index (κ1) is 27.5. The Morgan fingerprint density at radius 1 is 0.943 bits per heavy atom. The number of rotatable bonds is 8. The summed E-state index contributed by atoms with van der Waals surface area (Å²) in [7, 11) is 0. The molecule has 4 rings (SSSR count). The van der Waals surface area contributed by atoms with Crippen molar-refractivity contribution in [3.8, 4) is 0 Å². The molecule has 5 nitrogen and oxygen atoms in total. The van der Waals surface area contributed by atoms with Crippen molar-refractivity contribution >= 4 is 34.1 Å². The predicted octanol–water partition coefficient (Wildman–Crippen LogP) is 8.20. The molecule has 0 aliphatic heterocycles. The number of hydrogen-bond donors (Lipinski definition) is 0. The van der Waals surface area contributed by atoms with Gasteiger partial charge in [-0.2, -0.15) is 0 Å². The predicted molar refractivity (Wildman–Crippen MR) is 138 cm³/mol. The second kappa shape index (κ2) is 11.1. The third-order valence-electron chi connectivity index (χ3n) is 11.1. The van der Waals surface area contributed by atoms with Crippen LogP contribution in [0.4, 0.5) is 9.59 Å². The quantitative estimate of drug-likeness (QED) is 0.233. The van der Waals surface area contributed by atoms with Crippen LogP contribution in [0.25, 0.3) is 0 Å². The molecule has 4 aliphatic carbocycles. The lowest BCUT2D eigenvalue weighted by atomic mass is 9.43. The third kappa shape index (κ3) is 5.39. The maximum atomic E-state index is 12.0. The first-order valence-electron chi connectivity index (χ1n) is 13.9. The van der Waals surface area contributed by atoms with Crippen LogP contribution in [0.3, 0.4) is 0 Å². The second-order valence-electron chi connectivity index (χ2n) is 12.4. The molecule has 0 saturated heterocycles. The summed E-state index contributed by atoms with van der Waals surface area (Å²) in [6.45, 7) is 10.6. The molecule has 4 fully saturated rings. The van der Waals surface area contributed by atoms with Crippen molar-refractivity contribution < 1.29 is 23.8 Å². The molecule has 0 unspecified atom stereocenters. The van der Waals surface area contributed by atoms with Gasteiger partial charge in [0, 0.05) is 35.5 Å². The van der Waals surface area contributed by atoms with Gasteiger partial charge < -0.3 is 14.2 Å². The summed E-state index contributed by atoms with van der Waals surface area (Å²) in [5.41, 5.74) is -0.831. The van der Waals surface area contributed by atoms with Crippen LogP contribution in [0.2, 0.25) is 0 Å². The van der Waals surface area contributed by atoms with Gasteiger partial charge in [-0.05, 0) is 91.8 Å². The maximum Gasteiger partial charge on any atom is 0.404 e. The van der Waals surface area contributed by atoms with Crippen LogP contribution >= 0.6 is 23.2 Å². The van der Waals surface area contributed by atoms with Crippen LogP contribution in [-0.4, -0.2) is 36.3 Å². The van der Waals surface area contributed by atoms with E-state index in [0.29, 0.717) is 42.1 Å². The Morgan fingerprint density at radius 2 is 1.66 bits per heavy atom. The van der Waals surface area contributed by atoms with Gasteiger partial charge in [0.1, 0.15) is 6.10 Å². The van der Waals surface area contributed by atoms with Crippen molar-refractivity contribution in [3.63, 3.8) is 0 Å². The average Bonchev–Trinajstić information content (AvgIpc) is 3.15. The van der Waals surface area contributed by atoms with Crippen LogP contribution in [0.1, 0.15) is 91.9 Å². The van der Waals surface area contributed by atoms with E-state index in [0.717, 1.165) is 37.5 Å². The topological polar surface area (TPSA) is 61.8 Å². The number of carbonyl (C=O) groups excluding carboxylic acids is 2. The normalized spacial score (nSPS) is 43.4. The van der Waals surface area contributed by atoms with Crippen LogP contribution in [0, 0.1) is 46.3 Å². The van der Waals surface area contributed by atoms with E-state index in [2.05, 4.69) is 27.7 Å². The molecule has 0 aromatic rings. The van der Waals surface area contributed by atoms with Gasteiger partial charge in [0.25, 0.3) is 0 Å². The zero-order valence-electron chi connectivity index (χ0n) is 21.9. The highest BCUT2D eigenvalue weighted by atomic mass is 35.5. The fraction of sp³-hybridized carbons (Fsp3) is 0.929. The molecular weight excluding hydrogens is 487 g/mol. The molecule has 0 aromatic carbocycles. The van der Waals surface area contributed by atoms with E-state index in [4.69, 9.17) is 37.4 Å². The molecule has 200 valence electrons. The van der Waals surface area contributed by atoms with Crippen molar-refractivity contribution in [1.29, 1.82) is 0 Å². The van der Waals surface area contributed by atoms with E-state index in [1.165, 1.54) is 32.1 Å². The highest BCUT2D eigenvalue weighted by molar-refractivity contribution is 6.61. The zero-order chi connectivity index (χ0) is 25.4. The van der Waals surface area contributed by atoms with E-state index in [9.17, 15) is 9.59 Å². The molecule has 4 aliphatic rings. The van der Waals surface area contributed by atoms with Gasteiger partial charge in [0.15, 0.2) is 0 Å². The number of fused-ring (bicyclic) bond motifs is 5. The lowest BCUT2D eigenvalue weighted by Gasteiger charge is -2.62. The van der Waals surface area contributed by atoms with Crippen molar-refractivity contribution in [3.05, 3.63) is 0 Å². The Morgan fingerprint density at radius 3 is 2.34 bits per heavy atom. The van der Waals surface area contributed by atoms with Crippen LogP contribution in [0.15, 0.2) is 0 Å². The molecular formula is C28H44Cl2O5. The molecule has 0 aromatic heterocycles. The fourth-order valence-corrected chi connectivity index (χ4v) is 9.46. The Kier molecular flexibility index (Phi) is 8.70. The second-order valence-corrected chi connectivity index (χ2v) is 13.1. The molecule has 4 saturated carbocycles. The summed E-state index contributed by atoms with van der Waals surface area (Å²) in [5.74, 6) is 3.55. The Hall–Kier alpha value is -0.520. The number of ether oxygens (including phenoxy) is 3. The smallest absolute Gasteiger partial charge is 0.404 e. The van der Waals surface area contributed by atoms with Gasteiger partial charge in [-0.25, -0.2) is 9.59 Å². The van der Waals surface area contributed by atoms with E-state index in [1.807, 2.05) is 0 Å².